The van der Waals surface area contributed by atoms with Crippen LogP contribution in [0.5, 0.6) is 5.75 Å². The smallest absolute Gasteiger partial charge is 0.341 e. The van der Waals surface area contributed by atoms with Crippen LogP contribution in [-0.2, 0) is 4.79 Å². The van der Waals surface area contributed by atoms with Crippen LogP contribution >= 0.6 is 0 Å². The third kappa shape index (κ3) is 4.01. The van der Waals surface area contributed by atoms with Crippen molar-refractivity contribution in [2.75, 3.05) is 37.1 Å². The molecule has 0 atom stereocenters. The Labute approximate surface area is 158 Å². The molecule has 27 heavy (non-hydrogen) atoms. The molecule has 1 aromatic rings. The largest absolute Gasteiger partial charge is 0.496 e. The highest BCUT2D eigenvalue weighted by Gasteiger charge is 2.46. The Balaban J connectivity index is 2.58. The lowest BCUT2D eigenvalue weighted by atomic mass is 9.97. The summed E-state index contributed by atoms with van der Waals surface area (Å²) < 4.78 is 5.20. The van der Waals surface area contributed by atoms with Crippen molar-refractivity contribution >= 4 is 23.3 Å². The third-order valence-electron chi connectivity index (χ3n) is 5.02. The van der Waals surface area contributed by atoms with Gasteiger partial charge in [0.05, 0.1) is 37.2 Å². The molecule has 150 valence electrons. The van der Waals surface area contributed by atoms with E-state index in [9.17, 15) is 24.9 Å². The van der Waals surface area contributed by atoms with Crippen LogP contribution in [0.4, 0.5) is 11.4 Å². The lowest BCUT2D eigenvalue weighted by Gasteiger charge is -2.37. The number of unbranched alkanes of at least 4 members (excludes halogenated alkanes) is 2. The normalized spacial score (nSPS) is 15.9. The predicted octanol–water partition coefficient (Wildman–Crippen LogP) is 1.85. The Morgan fingerprint density at radius 2 is 2.00 bits per heavy atom. The highest BCUT2D eigenvalue weighted by Crippen LogP contribution is 2.42. The summed E-state index contributed by atoms with van der Waals surface area (Å²) in [6.07, 6.45) is 3.30. The Bertz CT molecular complexity index is 687. The summed E-state index contributed by atoms with van der Waals surface area (Å²) in [7, 11) is 1.38. The topological polar surface area (TPSA) is 119 Å². The maximum Gasteiger partial charge on any atom is 0.341 e. The minimum absolute atomic E-state index is 0.0732. The summed E-state index contributed by atoms with van der Waals surface area (Å²) in [5, 5.41) is 32.6. The second kappa shape index (κ2) is 9.05. The number of ether oxygens (including phenoxy) is 1. The maximum atomic E-state index is 12.6. The Kier molecular flexibility index (Phi) is 7.04. The molecule has 1 heterocycles. The lowest BCUT2D eigenvalue weighted by molar-refractivity contribution is -0.117. The van der Waals surface area contributed by atoms with E-state index in [4.69, 9.17) is 4.74 Å². The number of carbonyl (C=O) groups is 2. The van der Waals surface area contributed by atoms with E-state index in [-0.39, 0.29) is 29.3 Å². The summed E-state index contributed by atoms with van der Waals surface area (Å²) in [4.78, 5) is 25.8. The molecule has 8 heteroatoms. The number of carbonyl (C=O) groups excluding carboxylic acids is 1. The van der Waals surface area contributed by atoms with E-state index in [0.29, 0.717) is 18.7 Å². The molecule has 1 aromatic carbocycles. The highest BCUT2D eigenvalue weighted by atomic mass is 16.5. The van der Waals surface area contributed by atoms with Gasteiger partial charge in [-0.15, -0.1) is 0 Å². The van der Waals surface area contributed by atoms with Gasteiger partial charge in [0.15, 0.2) is 0 Å². The van der Waals surface area contributed by atoms with Gasteiger partial charge in [-0.25, -0.2) is 4.79 Å². The molecular formula is C19H28N2O6. The Morgan fingerprint density at radius 3 is 2.56 bits per heavy atom. The fraction of sp³-hybridized carbons (Fsp3) is 0.579. The summed E-state index contributed by atoms with van der Waals surface area (Å²) in [6.45, 7) is 1.76. The number of benzene rings is 1. The van der Waals surface area contributed by atoms with E-state index in [1.807, 2.05) is 0 Å². The van der Waals surface area contributed by atoms with E-state index in [0.717, 1.165) is 19.3 Å². The van der Waals surface area contributed by atoms with Crippen LogP contribution < -0.4 is 15.0 Å². The van der Waals surface area contributed by atoms with Crippen molar-refractivity contribution in [3.8, 4) is 5.75 Å². The molecule has 4 N–H and O–H groups in total. The van der Waals surface area contributed by atoms with Crippen LogP contribution in [-0.4, -0.2) is 59.6 Å². The van der Waals surface area contributed by atoms with E-state index >= 15 is 0 Å². The summed E-state index contributed by atoms with van der Waals surface area (Å²) >= 11 is 0. The van der Waals surface area contributed by atoms with Crippen LogP contribution in [0.3, 0.4) is 0 Å². The highest BCUT2D eigenvalue weighted by molar-refractivity contribution is 6.06. The fourth-order valence-corrected chi connectivity index (χ4v) is 3.48. The monoisotopic (exact) mass is 380 g/mol. The summed E-state index contributed by atoms with van der Waals surface area (Å²) in [5.41, 5.74) is -0.632. The number of hydrogen-bond donors (Lipinski definition) is 4. The second-order valence-corrected chi connectivity index (χ2v) is 6.75. The van der Waals surface area contributed by atoms with E-state index in [2.05, 4.69) is 12.2 Å². The molecule has 2 rings (SSSR count). The van der Waals surface area contributed by atoms with Crippen molar-refractivity contribution in [3.05, 3.63) is 17.7 Å². The molecule has 0 aromatic heterocycles. The first kappa shape index (κ1) is 21.0. The van der Waals surface area contributed by atoms with Crippen LogP contribution in [0.25, 0.3) is 0 Å². The van der Waals surface area contributed by atoms with Gasteiger partial charge in [-0.3, -0.25) is 9.69 Å². The van der Waals surface area contributed by atoms with Gasteiger partial charge in [0.2, 0.25) is 5.91 Å². The van der Waals surface area contributed by atoms with Gasteiger partial charge >= 0.3 is 5.97 Å². The molecule has 1 fully saturated rings. The number of aromatic carboxylic acids is 1. The first-order chi connectivity index (χ1) is 13.0. The zero-order chi connectivity index (χ0) is 20.0. The molecule has 1 aliphatic rings. The molecular weight excluding hydrogens is 352 g/mol. The molecule has 0 radical (unpaired) electrons. The van der Waals surface area contributed by atoms with Gasteiger partial charge in [-0.2, -0.15) is 0 Å². The van der Waals surface area contributed by atoms with Gasteiger partial charge in [-0.05, 0) is 25.0 Å². The Hall–Kier alpha value is -2.32. The molecule has 1 aliphatic heterocycles. The van der Waals surface area contributed by atoms with Crippen molar-refractivity contribution in [1.82, 2.24) is 0 Å². The number of amides is 1. The van der Waals surface area contributed by atoms with Crippen molar-refractivity contribution in [2.24, 2.45) is 0 Å². The third-order valence-corrected chi connectivity index (χ3v) is 5.02. The molecule has 0 spiro atoms. The standard InChI is InChI=1S/C19H28N2O6/c1-3-4-5-10-20-17-13(6-7-14(27-2)16(17)18(25)26)21-15(24)8-9-19(21,11-22)12-23/h6-7,20,22-23H,3-5,8-12H2,1-2H3,(H,25,26). The molecule has 0 unspecified atom stereocenters. The molecule has 0 saturated carbocycles. The Morgan fingerprint density at radius 1 is 1.30 bits per heavy atom. The number of rotatable bonds is 10. The van der Waals surface area contributed by atoms with Gasteiger partial charge in [-0.1, -0.05) is 19.8 Å². The van der Waals surface area contributed by atoms with Gasteiger partial charge in [0, 0.05) is 13.0 Å². The quantitative estimate of drug-likeness (QED) is 0.457. The second-order valence-electron chi connectivity index (χ2n) is 6.75. The number of aliphatic hydroxyl groups is 2. The number of carboxylic acids is 1. The van der Waals surface area contributed by atoms with Crippen LogP contribution in [0.15, 0.2) is 12.1 Å². The zero-order valence-electron chi connectivity index (χ0n) is 15.8. The molecule has 1 amide bonds. The summed E-state index contributed by atoms with van der Waals surface area (Å²) in [5.74, 6) is -1.28. The molecule has 8 nitrogen and oxygen atoms in total. The maximum absolute atomic E-state index is 12.6. The average Bonchev–Trinajstić information content (AvgIpc) is 3.01. The van der Waals surface area contributed by atoms with Crippen LogP contribution in [0, 0.1) is 0 Å². The van der Waals surface area contributed by atoms with Crippen molar-refractivity contribution in [1.29, 1.82) is 0 Å². The number of methoxy groups -OCH3 is 1. The van der Waals surface area contributed by atoms with E-state index in [1.165, 1.54) is 18.1 Å². The van der Waals surface area contributed by atoms with Crippen molar-refractivity contribution in [3.63, 3.8) is 0 Å². The van der Waals surface area contributed by atoms with Crippen molar-refractivity contribution in [2.45, 2.75) is 44.6 Å². The number of anilines is 2. The first-order valence-corrected chi connectivity index (χ1v) is 9.18. The van der Waals surface area contributed by atoms with Crippen LogP contribution in [0.1, 0.15) is 49.4 Å². The van der Waals surface area contributed by atoms with Gasteiger partial charge in [0.1, 0.15) is 11.3 Å². The predicted molar refractivity (Wildman–Crippen MR) is 102 cm³/mol. The number of nitrogens with zero attached hydrogens (tertiary/aromatic N) is 1. The number of aliphatic hydroxyl groups excluding tert-OH is 2. The number of nitrogens with one attached hydrogen (secondary N) is 1. The van der Waals surface area contributed by atoms with Gasteiger partial charge < -0.3 is 25.4 Å². The van der Waals surface area contributed by atoms with E-state index in [1.54, 1.807) is 6.07 Å². The molecule has 1 saturated heterocycles. The minimum Gasteiger partial charge on any atom is -0.496 e. The zero-order valence-corrected chi connectivity index (χ0v) is 15.8. The first-order valence-electron chi connectivity index (χ1n) is 9.18. The molecule has 0 bridgehead atoms. The lowest BCUT2D eigenvalue weighted by Crippen LogP contribution is -2.52. The van der Waals surface area contributed by atoms with Crippen LogP contribution in [0.2, 0.25) is 0 Å². The minimum atomic E-state index is -1.18. The fourth-order valence-electron chi connectivity index (χ4n) is 3.48. The van der Waals surface area contributed by atoms with Crippen molar-refractivity contribution < 1.29 is 29.6 Å². The molecule has 0 aliphatic carbocycles. The number of carboxylic acid groups (broad SMARTS) is 1. The van der Waals surface area contributed by atoms with E-state index < -0.39 is 24.7 Å². The summed E-state index contributed by atoms with van der Waals surface area (Å²) in [6, 6.07) is 3.08. The average molecular weight is 380 g/mol. The van der Waals surface area contributed by atoms with Gasteiger partial charge in [0.25, 0.3) is 0 Å². The number of hydrogen-bond acceptors (Lipinski definition) is 6. The SMILES string of the molecule is CCCCCNc1c(N2C(=O)CCC2(CO)CO)ccc(OC)c1C(=O)O.